The molecule has 15 heavy (non-hydrogen) atoms. The summed E-state index contributed by atoms with van der Waals surface area (Å²) in [6.07, 6.45) is 0.178. The molecule has 0 atom stereocenters. The van der Waals surface area contributed by atoms with Crippen molar-refractivity contribution in [1.29, 1.82) is 0 Å². The van der Waals surface area contributed by atoms with Crippen molar-refractivity contribution in [3.8, 4) is 0 Å². The maximum atomic E-state index is 13.1. The zero-order valence-corrected chi connectivity index (χ0v) is 8.09. The summed E-state index contributed by atoms with van der Waals surface area (Å²) >= 11 is 0. The maximum Gasteiger partial charge on any atom is 0.218 e. The van der Waals surface area contributed by atoms with Crippen molar-refractivity contribution in [2.24, 2.45) is 5.73 Å². The van der Waals surface area contributed by atoms with Gasteiger partial charge in [-0.2, -0.15) is 0 Å². The molecule has 3 nitrogen and oxygen atoms in total. The highest BCUT2D eigenvalue weighted by Gasteiger charge is 2.06. The van der Waals surface area contributed by atoms with E-state index < -0.39 is 17.5 Å². The SMILES string of the molecule is NC(=O)CCNCc1cccc(F)c1F. The minimum Gasteiger partial charge on any atom is -0.370 e. The summed E-state index contributed by atoms with van der Waals surface area (Å²) in [4.78, 5) is 10.4. The van der Waals surface area contributed by atoms with Crippen LogP contribution in [0.1, 0.15) is 12.0 Å². The minimum absolute atomic E-state index is 0.177. The first-order valence-electron chi connectivity index (χ1n) is 4.53. The van der Waals surface area contributed by atoms with E-state index in [-0.39, 0.29) is 18.5 Å². The van der Waals surface area contributed by atoms with Gasteiger partial charge in [0.25, 0.3) is 0 Å². The molecule has 1 aromatic carbocycles. The number of halogens is 2. The fourth-order valence-corrected chi connectivity index (χ4v) is 1.12. The van der Waals surface area contributed by atoms with Gasteiger partial charge in [-0.3, -0.25) is 4.79 Å². The maximum absolute atomic E-state index is 13.1. The van der Waals surface area contributed by atoms with E-state index in [1.807, 2.05) is 0 Å². The van der Waals surface area contributed by atoms with E-state index in [4.69, 9.17) is 5.73 Å². The van der Waals surface area contributed by atoms with E-state index in [2.05, 4.69) is 5.32 Å². The van der Waals surface area contributed by atoms with Crippen LogP contribution in [0.15, 0.2) is 18.2 Å². The lowest BCUT2D eigenvalue weighted by Gasteiger charge is -2.05. The van der Waals surface area contributed by atoms with Crippen molar-refractivity contribution in [1.82, 2.24) is 5.32 Å². The molecule has 0 fully saturated rings. The lowest BCUT2D eigenvalue weighted by atomic mass is 10.2. The predicted octanol–water partition coefficient (Wildman–Crippen LogP) is 0.930. The lowest BCUT2D eigenvalue weighted by molar-refractivity contribution is -0.117. The Morgan fingerprint density at radius 1 is 1.40 bits per heavy atom. The molecular weight excluding hydrogens is 202 g/mol. The molecule has 0 spiro atoms. The third-order valence-electron chi connectivity index (χ3n) is 1.90. The highest BCUT2D eigenvalue weighted by molar-refractivity contribution is 5.73. The molecular formula is C10H12F2N2O. The molecule has 0 aliphatic rings. The average molecular weight is 214 g/mol. The van der Waals surface area contributed by atoms with Gasteiger partial charge in [0.15, 0.2) is 11.6 Å². The molecule has 1 rings (SSSR count). The van der Waals surface area contributed by atoms with Gasteiger partial charge in [0.05, 0.1) is 0 Å². The summed E-state index contributed by atoms with van der Waals surface area (Å²) < 4.78 is 25.8. The van der Waals surface area contributed by atoms with Crippen molar-refractivity contribution >= 4 is 5.91 Å². The highest BCUT2D eigenvalue weighted by Crippen LogP contribution is 2.10. The normalized spacial score (nSPS) is 10.3. The Morgan fingerprint density at radius 2 is 2.13 bits per heavy atom. The van der Waals surface area contributed by atoms with Crippen LogP contribution in [0.2, 0.25) is 0 Å². The summed E-state index contributed by atoms with van der Waals surface area (Å²) in [7, 11) is 0. The van der Waals surface area contributed by atoms with Crippen LogP contribution in [-0.4, -0.2) is 12.5 Å². The predicted molar refractivity (Wildman–Crippen MR) is 51.9 cm³/mol. The number of hydrogen-bond acceptors (Lipinski definition) is 2. The molecule has 0 aliphatic carbocycles. The first-order chi connectivity index (χ1) is 7.11. The first-order valence-corrected chi connectivity index (χ1v) is 4.53. The Bertz CT molecular complexity index is 355. The summed E-state index contributed by atoms with van der Waals surface area (Å²) in [6.45, 7) is 0.530. The highest BCUT2D eigenvalue weighted by atomic mass is 19.2. The number of amides is 1. The van der Waals surface area contributed by atoms with Gasteiger partial charge < -0.3 is 11.1 Å². The van der Waals surface area contributed by atoms with Gasteiger partial charge in [-0.05, 0) is 6.07 Å². The van der Waals surface area contributed by atoms with E-state index in [0.717, 1.165) is 6.07 Å². The van der Waals surface area contributed by atoms with E-state index in [1.54, 1.807) is 0 Å². The van der Waals surface area contributed by atoms with Crippen molar-refractivity contribution in [2.45, 2.75) is 13.0 Å². The topological polar surface area (TPSA) is 55.1 Å². The second-order valence-electron chi connectivity index (χ2n) is 3.11. The largest absolute Gasteiger partial charge is 0.370 e. The third kappa shape index (κ3) is 3.63. The zero-order chi connectivity index (χ0) is 11.3. The van der Waals surface area contributed by atoms with Crippen LogP contribution in [0.3, 0.4) is 0 Å². The number of nitrogens with one attached hydrogen (secondary N) is 1. The third-order valence-corrected chi connectivity index (χ3v) is 1.90. The Labute approximate surface area is 86.3 Å². The molecule has 0 unspecified atom stereocenters. The van der Waals surface area contributed by atoms with Crippen LogP contribution >= 0.6 is 0 Å². The number of carbonyl (C=O) groups excluding carboxylic acids is 1. The summed E-state index contributed by atoms with van der Waals surface area (Å²) in [5.41, 5.74) is 5.15. The van der Waals surface area contributed by atoms with Gasteiger partial charge >= 0.3 is 0 Å². The van der Waals surface area contributed by atoms with Gasteiger partial charge in [-0.25, -0.2) is 8.78 Å². The number of hydrogen-bond donors (Lipinski definition) is 2. The van der Waals surface area contributed by atoms with E-state index in [9.17, 15) is 13.6 Å². The first kappa shape index (κ1) is 11.6. The molecule has 0 aliphatic heterocycles. The number of nitrogens with two attached hydrogens (primary N) is 1. The molecule has 0 bridgehead atoms. The van der Waals surface area contributed by atoms with Crippen LogP contribution in [0, 0.1) is 11.6 Å². The van der Waals surface area contributed by atoms with Crippen LogP contribution in [-0.2, 0) is 11.3 Å². The van der Waals surface area contributed by atoms with E-state index >= 15 is 0 Å². The average Bonchev–Trinajstić information content (AvgIpc) is 2.18. The zero-order valence-electron chi connectivity index (χ0n) is 8.09. The molecule has 1 amide bonds. The minimum atomic E-state index is -0.871. The standard InChI is InChI=1S/C10H12F2N2O/c11-8-3-1-2-7(10(8)12)6-14-5-4-9(13)15/h1-3,14H,4-6H2,(H2,13,15). The van der Waals surface area contributed by atoms with Crippen LogP contribution in [0.5, 0.6) is 0 Å². The quantitative estimate of drug-likeness (QED) is 0.716. The fourth-order valence-electron chi connectivity index (χ4n) is 1.12. The molecule has 3 N–H and O–H groups in total. The Balaban J connectivity index is 2.44. The number of primary amides is 1. The molecule has 0 saturated heterocycles. The van der Waals surface area contributed by atoms with E-state index in [0.29, 0.717) is 6.54 Å². The summed E-state index contributed by atoms with van der Waals surface area (Å²) in [6, 6.07) is 3.97. The molecule has 82 valence electrons. The molecule has 1 aromatic rings. The smallest absolute Gasteiger partial charge is 0.218 e. The Morgan fingerprint density at radius 3 is 2.80 bits per heavy atom. The second kappa shape index (κ2) is 5.41. The Kier molecular flexibility index (Phi) is 4.17. The van der Waals surface area contributed by atoms with Crippen LogP contribution in [0.25, 0.3) is 0 Å². The van der Waals surface area contributed by atoms with Crippen molar-refractivity contribution < 1.29 is 13.6 Å². The van der Waals surface area contributed by atoms with Gasteiger partial charge in [0, 0.05) is 25.1 Å². The fraction of sp³-hybridized carbons (Fsp3) is 0.300. The van der Waals surface area contributed by atoms with Crippen molar-refractivity contribution in [3.05, 3.63) is 35.4 Å². The number of carbonyl (C=O) groups is 1. The number of benzene rings is 1. The van der Waals surface area contributed by atoms with Crippen molar-refractivity contribution in [2.75, 3.05) is 6.54 Å². The van der Waals surface area contributed by atoms with Crippen LogP contribution < -0.4 is 11.1 Å². The Hall–Kier alpha value is -1.49. The molecule has 0 radical (unpaired) electrons. The molecule has 0 aromatic heterocycles. The molecule has 5 heteroatoms. The summed E-state index contributed by atoms with van der Waals surface area (Å²) in [5.74, 6) is -2.16. The van der Waals surface area contributed by atoms with Gasteiger partial charge in [0.1, 0.15) is 0 Å². The second-order valence-corrected chi connectivity index (χ2v) is 3.11. The molecule has 0 heterocycles. The number of rotatable bonds is 5. The van der Waals surface area contributed by atoms with E-state index in [1.165, 1.54) is 12.1 Å². The van der Waals surface area contributed by atoms with Gasteiger partial charge in [-0.1, -0.05) is 12.1 Å². The van der Waals surface area contributed by atoms with Crippen LogP contribution in [0.4, 0.5) is 8.78 Å². The van der Waals surface area contributed by atoms with Gasteiger partial charge in [-0.15, -0.1) is 0 Å². The van der Waals surface area contributed by atoms with Crippen molar-refractivity contribution in [3.63, 3.8) is 0 Å². The van der Waals surface area contributed by atoms with Gasteiger partial charge in [0.2, 0.25) is 5.91 Å². The summed E-state index contributed by atoms with van der Waals surface area (Å²) in [5, 5.41) is 2.79. The molecule has 0 saturated carbocycles. The lowest BCUT2D eigenvalue weighted by Crippen LogP contribution is -2.22. The monoisotopic (exact) mass is 214 g/mol.